The molecule has 55 heavy (non-hydrogen) atoms. The predicted octanol–water partition coefficient (Wildman–Crippen LogP) is 8.46. The summed E-state index contributed by atoms with van der Waals surface area (Å²) >= 11 is 0. The van der Waals surface area contributed by atoms with E-state index in [1.54, 1.807) is 69.7 Å². The second-order valence-electron chi connectivity index (χ2n) is 16.6. The monoisotopic (exact) mass is 762 g/mol. The largest absolute Gasteiger partial charge is 0.508 e. The topological polar surface area (TPSA) is 133 Å². The van der Waals surface area contributed by atoms with Gasteiger partial charge in [0.15, 0.2) is 0 Å². The minimum atomic E-state index is -0.662. The van der Waals surface area contributed by atoms with E-state index >= 15 is 0 Å². The molecule has 0 heterocycles. The van der Waals surface area contributed by atoms with E-state index in [1.165, 1.54) is 7.11 Å². The van der Waals surface area contributed by atoms with Crippen LogP contribution in [0.1, 0.15) is 106 Å². The number of fused-ring (bicyclic) bond motifs is 5. The Hall–Kier alpha value is -4.28. The van der Waals surface area contributed by atoms with Crippen molar-refractivity contribution in [1.29, 1.82) is 0 Å². The van der Waals surface area contributed by atoms with Crippen LogP contribution in [0.2, 0.25) is 0 Å². The molecule has 0 saturated heterocycles. The van der Waals surface area contributed by atoms with E-state index in [-0.39, 0.29) is 71.5 Å². The molecule has 0 bridgehead atoms. The van der Waals surface area contributed by atoms with E-state index in [9.17, 15) is 19.2 Å². The SMILES string of the molecule is CCOC(=O)O[C@@H]1CC[C@@]2(C)[C@@H](C1)C[C@@H](OC(=O)c1ccc(OC)cc1)[C@@H]1[C@@H]2C[C@H](OC(=O)c2ccc(OC)cc2)[C@]2(C)[C@@H]([C@H](C)CCC(=O)OC)CC[C@@H]12. The number of rotatable bonds is 12. The highest BCUT2D eigenvalue weighted by molar-refractivity contribution is 5.90. The second kappa shape index (κ2) is 16.8. The van der Waals surface area contributed by atoms with Gasteiger partial charge in [0.25, 0.3) is 0 Å². The molecule has 4 aliphatic carbocycles. The van der Waals surface area contributed by atoms with Crippen molar-refractivity contribution in [3.63, 3.8) is 0 Å². The van der Waals surface area contributed by atoms with Crippen molar-refractivity contribution >= 4 is 24.1 Å². The van der Waals surface area contributed by atoms with Crippen molar-refractivity contribution in [2.24, 2.45) is 46.3 Å². The Kier molecular flexibility index (Phi) is 12.4. The number of benzene rings is 2. The summed E-state index contributed by atoms with van der Waals surface area (Å²) in [6.45, 7) is 8.80. The minimum Gasteiger partial charge on any atom is -0.497 e. The van der Waals surface area contributed by atoms with Crippen molar-refractivity contribution < 1.29 is 52.3 Å². The normalized spacial score (nSPS) is 32.7. The zero-order chi connectivity index (χ0) is 39.5. The highest BCUT2D eigenvalue weighted by Gasteiger charge is 2.68. The van der Waals surface area contributed by atoms with E-state index in [1.807, 2.05) is 0 Å². The predicted molar refractivity (Wildman–Crippen MR) is 203 cm³/mol. The summed E-state index contributed by atoms with van der Waals surface area (Å²) in [4.78, 5) is 52.7. The van der Waals surface area contributed by atoms with Crippen LogP contribution in [0.15, 0.2) is 48.5 Å². The number of ether oxygens (including phenoxy) is 7. The van der Waals surface area contributed by atoms with Crippen LogP contribution in [0, 0.1) is 46.3 Å². The van der Waals surface area contributed by atoms with Gasteiger partial charge >= 0.3 is 24.1 Å². The van der Waals surface area contributed by atoms with Crippen LogP contribution in [0.4, 0.5) is 4.79 Å². The molecule has 4 saturated carbocycles. The Balaban J connectivity index is 1.38. The van der Waals surface area contributed by atoms with E-state index in [0.29, 0.717) is 61.2 Å². The van der Waals surface area contributed by atoms with Gasteiger partial charge in [-0.25, -0.2) is 14.4 Å². The smallest absolute Gasteiger partial charge is 0.497 e. The molecule has 11 atom stereocenters. The van der Waals surface area contributed by atoms with Crippen molar-refractivity contribution in [2.45, 2.75) is 104 Å². The van der Waals surface area contributed by atoms with Gasteiger partial charge in [0, 0.05) is 17.8 Å². The van der Waals surface area contributed by atoms with E-state index < -0.39 is 23.8 Å². The number of carbonyl (C=O) groups excluding carboxylic acids is 4. The van der Waals surface area contributed by atoms with Gasteiger partial charge in [0.05, 0.1) is 39.1 Å². The summed E-state index contributed by atoms with van der Waals surface area (Å²) in [7, 11) is 4.59. The van der Waals surface area contributed by atoms with Gasteiger partial charge in [0.2, 0.25) is 0 Å². The zero-order valence-corrected chi connectivity index (χ0v) is 33.4. The molecular formula is C44H58O11. The van der Waals surface area contributed by atoms with Gasteiger partial charge in [-0.2, -0.15) is 0 Å². The molecule has 4 aliphatic rings. The molecular weight excluding hydrogens is 704 g/mol. The summed E-state index contributed by atoms with van der Waals surface area (Å²) in [6, 6.07) is 13.9. The van der Waals surface area contributed by atoms with Crippen LogP contribution < -0.4 is 9.47 Å². The van der Waals surface area contributed by atoms with Gasteiger partial charge in [-0.1, -0.05) is 20.8 Å². The molecule has 300 valence electrons. The maximum absolute atomic E-state index is 14.0. The fourth-order valence-electron chi connectivity index (χ4n) is 11.3. The van der Waals surface area contributed by atoms with Crippen LogP contribution in [-0.4, -0.2) is 70.3 Å². The van der Waals surface area contributed by atoms with Crippen LogP contribution in [-0.2, 0) is 28.5 Å². The first kappa shape index (κ1) is 40.4. The third kappa shape index (κ3) is 8.03. The summed E-state index contributed by atoms with van der Waals surface area (Å²) in [5.74, 6) is 0.797. The molecule has 0 aromatic heterocycles. The molecule has 6 rings (SSSR count). The summed E-state index contributed by atoms with van der Waals surface area (Å²) in [6.07, 6.45) is 4.31. The number of esters is 3. The number of carbonyl (C=O) groups is 4. The van der Waals surface area contributed by atoms with Crippen LogP contribution in [0.3, 0.4) is 0 Å². The average molecular weight is 763 g/mol. The molecule has 4 fully saturated rings. The van der Waals surface area contributed by atoms with Gasteiger partial charge < -0.3 is 33.2 Å². The minimum absolute atomic E-state index is 0.00437. The van der Waals surface area contributed by atoms with Crippen molar-refractivity contribution in [3.8, 4) is 11.5 Å². The second-order valence-corrected chi connectivity index (χ2v) is 16.6. The summed E-state index contributed by atoms with van der Waals surface area (Å²) in [5.41, 5.74) is 0.246. The highest BCUT2D eigenvalue weighted by Crippen LogP contribution is 2.69. The van der Waals surface area contributed by atoms with Crippen LogP contribution in [0.5, 0.6) is 11.5 Å². The third-order valence-corrected chi connectivity index (χ3v) is 14.2. The number of hydrogen-bond acceptors (Lipinski definition) is 11. The molecule has 0 aliphatic heterocycles. The molecule has 0 radical (unpaired) electrons. The molecule has 0 unspecified atom stereocenters. The summed E-state index contributed by atoms with van der Waals surface area (Å²) < 4.78 is 39.9. The van der Waals surface area contributed by atoms with E-state index in [2.05, 4.69) is 20.8 Å². The Morgan fingerprint density at radius 2 is 1.38 bits per heavy atom. The maximum atomic E-state index is 14.0. The quantitative estimate of drug-likeness (QED) is 0.152. The van der Waals surface area contributed by atoms with Crippen LogP contribution in [0.25, 0.3) is 0 Å². The molecule has 0 N–H and O–H groups in total. The Bertz CT molecular complexity index is 1670. The first-order valence-electron chi connectivity index (χ1n) is 20.0. The average Bonchev–Trinajstić information content (AvgIpc) is 3.55. The van der Waals surface area contributed by atoms with Gasteiger partial charge in [-0.3, -0.25) is 4.79 Å². The first-order valence-corrected chi connectivity index (χ1v) is 20.0. The van der Waals surface area contributed by atoms with E-state index in [4.69, 9.17) is 33.2 Å². The third-order valence-electron chi connectivity index (χ3n) is 14.2. The lowest BCUT2D eigenvalue weighted by Crippen LogP contribution is -2.63. The first-order chi connectivity index (χ1) is 26.4. The van der Waals surface area contributed by atoms with Crippen molar-refractivity contribution in [3.05, 3.63) is 59.7 Å². The fourth-order valence-corrected chi connectivity index (χ4v) is 11.3. The van der Waals surface area contributed by atoms with Gasteiger partial charge in [-0.05, 0) is 142 Å². The number of hydrogen-bond donors (Lipinski definition) is 0. The molecule has 2 aromatic carbocycles. The molecule has 0 amide bonds. The zero-order valence-electron chi connectivity index (χ0n) is 33.4. The molecule has 11 heteroatoms. The molecule has 11 nitrogen and oxygen atoms in total. The lowest BCUT2D eigenvalue weighted by atomic mass is 9.43. The lowest BCUT2D eigenvalue weighted by molar-refractivity contribution is -0.208. The van der Waals surface area contributed by atoms with Gasteiger partial charge in [0.1, 0.15) is 29.8 Å². The number of methoxy groups -OCH3 is 3. The van der Waals surface area contributed by atoms with Crippen molar-refractivity contribution in [1.82, 2.24) is 0 Å². The lowest BCUT2D eigenvalue weighted by Gasteiger charge is -2.64. The maximum Gasteiger partial charge on any atom is 0.508 e. The van der Waals surface area contributed by atoms with Crippen LogP contribution >= 0.6 is 0 Å². The van der Waals surface area contributed by atoms with E-state index in [0.717, 1.165) is 19.3 Å². The van der Waals surface area contributed by atoms with Crippen molar-refractivity contribution in [2.75, 3.05) is 27.9 Å². The summed E-state index contributed by atoms with van der Waals surface area (Å²) in [5, 5.41) is 0. The Morgan fingerprint density at radius 3 is 1.96 bits per heavy atom. The highest BCUT2D eigenvalue weighted by atomic mass is 16.7. The Morgan fingerprint density at radius 1 is 0.764 bits per heavy atom. The Labute approximate surface area is 325 Å². The van der Waals surface area contributed by atoms with Gasteiger partial charge in [-0.15, -0.1) is 0 Å². The fraction of sp³-hybridized carbons (Fsp3) is 0.636. The molecule has 2 aromatic rings. The molecule has 0 spiro atoms. The standard InChI is InChI=1S/C44H58O11/c1-8-52-42(48)53-32-21-22-43(3)29(23-32)24-36(54-40(46)27-10-14-30(49-5)15-11-27)39-34-19-18-33(26(2)9-20-38(45)51-7)44(34,4)37(25-35(39)43)55-41(47)28-12-16-31(50-6)17-13-28/h10-17,26,29,32-37,39H,8-9,18-25H2,1-7H3/t26-,29+,32-,33-,34+,35+,36-,37+,39+,43+,44-/m1/s1.